The van der Waals surface area contributed by atoms with Gasteiger partial charge in [0.25, 0.3) is 0 Å². The SMILES string of the molecule is CC(C)Oc1c(F)cc(N)cc1N1CCC(N2CCOCC2)CC1. The van der Waals surface area contributed by atoms with Crippen molar-refractivity contribution in [2.24, 2.45) is 0 Å². The number of halogens is 1. The van der Waals surface area contributed by atoms with Gasteiger partial charge in [0.1, 0.15) is 0 Å². The van der Waals surface area contributed by atoms with Crippen LogP contribution in [0.25, 0.3) is 0 Å². The molecule has 0 amide bonds. The van der Waals surface area contributed by atoms with Crippen molar-refractivity contribution in [3.8, 4) is 5.75 Å². The summed E-state index contributed by atoms with van der Waals surface area (Å²) in [6.07, 6.45) is 2.06. The summed E-state index contributed by atoms with van der Waals surface area (Å²) < 4.78 is 25.5. The van der Waals surface area contributed by atoms with E-state index in [0.717, 1.165) is 57.9 Å². The van der Waals surface area contributed by atoms with Gasteiger partial charge in [-0.2, -0.15) is 0 Å². The van der Waals surface area contributed by atoms with Crippen molar-refractivity contribution < 1.29 is 13.9 Å². The molecule has 1 aromatic carbocycles. The highest BCUT2D eigenvalue weighted by Gasteiger charge is 2.28. The Hall–Kier alpha value is -1.53. The van der Waals surface area contributed by atoms with E-state index < -0.39 is 0 Å². The van der Waals surface area contributed by atoms with Gasteiger partial charge in [0.05, 0.1) is 25.0 Å². The molecule has 24 heavy (non-hydrogen) atoms. The molecule has 1 aromatic rings. The van der Waals surface area contributed by atoms with E-state index in [1.165, 1.54) is 6.07 Å². The maximum Gasteiger partial charge on any atom is 0.178 e. The summed E-state index contributed by atoms with van der Waals surface area (Å²) in [6.45, 7) is 9.27. The molecule has 0 spiro atoms. The number of piperidine rings is 1. The predicted octanol–water partition coefficient (Wildman–Crippen LogP) is 2.50. The normalized spacial score (nSPS) is 20.6. The van der Waals surface area contributed by atoms with Crippen molar-refractivity contribution in [3.63, 3.8) is 0 Å². The lowest BCUT2D eigenvalue weighted by Crippen LogP contribution is -2.49. The first-order chi connectivity index (χ1) is 11.5. The zero-order valence-corrected chi connectivity index (χ0v) is 14.6. The van der Waals surface area contributed by atoms with Crippen molar-refractivity contribution in [2.45, 2.75) is 38.8 Å². The second kappa shape index (κ2) is 7.57. The van der Waals surface area contributed by atoms with Crippen molar-refractivity contribution in [1.82, 2.24) is 4.90 Å². The molecule has 0 unspecified atom stereocenters. The van der Waals surface area contributed by atoms with Crippen LogP contribution < -0.4 is 15.4 Å². The minimum atomic E-state index is -0.381. The van der Waals surface area contributed by atoms with Crippen LogP contribution in [0.3, 0.4) is 0 Å². The maximum absolute atomic E-state index is 14.3. The molecule has 2 fully saturated rings. The van der Waals surface area contributed by atoms with E-state index in [-0.39, 0.29) is 11.9 Å². The summed E-state index contributed by atoms with van der Waals surface area (Å²) in [5, 5.41) is 0. The smallest absolute Gasteiger partial charge is 0.178 e. The second-order valence-corrected chi connectivity index (χ2v) is 6.88. The number of nitrogens with zero attached hydrogens (tertiary/aromatic N) is 2. The van der Waals surface area contributed by atoms with E-state index in [0.29, 0.717) is 17.5 Å². The summed E-state index contributed by atoms with van der Waals surface area (Å²) in [6, 6.07) is 3.75. The van der Waals surface area contributed by atoms with Gasteiger partial charge in [-0.1, -0.05) is 0 Å². The second-order valence-electron chi connectivity index (χ2n) is 6.88. The molecule has 2 aliphatic rings. The Labute approximate surface area is 143 Å². The zero-order chi connectivity index (χ0) is 17.1. The van der Waals surface area contributed by atoms with Gasteiger partial charge in [-0.05, 0) is 32.8 Å². The van der Waals surface area contributed by atoms with E-state index in [1.807, 2.05) is 19.9 Å². The highest BCUT2D eigenvalue weighted by molar-refractivity contribution is 5.66. The van der Waals surface area contributed by atoms with Crippen molar-refractivity contribution >= 4 is 11.4 Å². The van der Waals surface area contributed by atoms with Gasteiger partial charge in [-0.15, -0.1) is 0 Å². The van der Waals surface area contributed by atoms with Crippen LogP contribution >= 0.6 is 0 Å². The summed E-state index contributed by atoms with van der Waals surface area (Å²) in [5.41, 5.74) is 7.08. The highest BCUT2D eigenvalue weighted by Crippen LogP contribution is 2.36. The maximum atomic E-state index is 14.3. The van der Waals surface area contributed by atoms with Crippen LogP contribution in [0.5, 0.6) is 5.75 Å². The predicted molar refractivity (Wildman–Crippen MR) is 94.2 cm³/mol. The van der Waals surface area contributed by atoms with Crippen LogP contribution in [0.1, 0.15) is 26.7 Å². The van der Waals surface area contributed by atoms with Crippen molar-refractivity contribution in [1.29, 1.82) is 0 Å². The first-order valence-corrected chi connectivity index (χ1v) is 8.87. The van der Waals surface area contributed by atoms with E-state index in [1.54, 1.807) is 0 Å². The molecular formula is C18H28FN3O2. The lowest BCUT2D eigenvalue weighted by Gasteiger charge is -2.41. The van der Waals surface area contributed by atoms with E-state index in [4.69, 9.17) is 15.2 Å². The van der Waals surface area contributed by atoms with Gasteiger partial charge in [0.2, 0.25) is 0 Å². The molecule has 2 N–H and O–H groups in total. The fourth-order valence-electron chi connectivity index (χ4n) is 3.60. The van der Waals surface area contributed by atoms with E-state index >= 15 is 0 Å². The average molecular weight is 337 g/mol. The van der Waals surface area contributed by atoms with Gasteiger partial charge in [0, 0.05) is 44.0 Å². The minimum Gasteiger partial charge on any atom is -0.486 e. The van der Waals surface area contributed by atoms with Crippen LogP contribution in [0.4, 0.5) is 15.8 Å². The topological polar surface area (TPSA) is 51.0 Å². The molecule has 134 valence electrons. The molecule has 6 heteroatoms. The third-order valence-corrected chi connectivity index (χ3v) is 4.77. The Balaban J connectivity index is 1.71. The highest BCUT2D eigenvalue weighted by atomic mass is 19.1. The molecule has 0 aromatic heterocycles. The lowest BCUT2D eigenvalue weighted by atomic mass is 10.0. The zero-order valence-electron chi connectivity index (χ0n) is 14.6. The van der Waals surface area contributed by atoms with Gasteiger partial charge >= 0.3 is 0 Å². The molecule has 0 aliphatic carbocycles. The van der Waals surface area contributed by atoms with Crippen LogP contribution in [0, 0.1) is 5.82 Å². The summed E-state index contributed by atoms with van der Waals surface area (Å²) in [7, 11) is 0. The number of anilines is 2. The first kappa shape index (κ1) is 17.3. The van der Waals surface area contributed by atoms with Gasteiger partial charge in [-0.25, -0.2) is 4.39 Å². The minimum absolute atomic E-state index is 0.0761. The van der Waals surface area contributed by atoms with Crippen LogP contribution in [-0.2, 0) is 4.74 Å². The Bertz CT molecular complexity index is 553. The van der Waals surface area contributed by atoms with Crippen molar-refractivity contribution in [3.05, 3.63) is 17.9 Å². The molecule has 5 nitrogen and oxygen atoms in total. The summed E-state index contributed by atoms with van der Waals surface area (Å²) >= 11 is 0. The van der Waals surface area contributed by atoms with Crippen LogP contribution in [0.2, 0.25) is 0 Å². The number of hydrogen-bond acceptors (Lipinski definition) is 5. The number of nitrogens with two attached hydrogens (primary N) is 1. The lowest BCUT2D eigenvalue weighted by molar-refractivity contribution is 0.0115. The van der Waals surface area contributed by atoms with E-state index in [2.05, 4.69) is 9.80 Å². The molecule has 2 heterocycles. The number of hydrogen-bond donors (Lipinski definition) is 1. The fraction of sp³-hybridized carbons (Fsp3) is 0.667. The fourth-order valence-corrected chi connectivity index (χ4v) is 3.60. The molecule has 0 radical (unpaired) electrons. The van der Waals surface area contributed by atoms with Crippen LogP contribution in [0.15, 0.2) is 12.1 Å². The Kier molecular flexibility index (Phi) is 5.46. The molecule has 0 bridgehead atoms. The van der Waals surface area contributed by atoms with Gasteiger partial charge < -0.3 is 20.1 Å². The van der Waals surface area contributed by atoms with Gasteiger partial charge in [-0.3, -0.25) is 4.90 Å². The number of benzene rings is 1. The Morgan fingerprint density at radius 3 is 2.46 bits per heavy atom. The van der Waals surface area contributed by atoms with E-state index in [9.17, 15) is 4.39 Å². The number of morpholine rings is 1. The van der Waals surface area contributed by atoms with Crippen LogP contribution in [-0.4, -0.2) is 56.4 Å². The number of rotatable bonds is 4. The van der Waals surface area contributed by atoms with Gasteiger partial charge in [0.15, 0.2) is 11.6 Å². The van der Waals surface area contributed by atoms with Crippen molar-refractivity contribution in [2.75, 3.05) is 50.0 Å². The summed E-state index contributed by atoms with van der Waals surface area (Å²) in [5.74, 6) is -0.0574. The average Bonchev–Trinajstić information content (AvgIpc) is 2.58. The molecule has 0 saturated carbocycles. The Morgan fingerprint density at radius 1 is 1.17 bits per heavy atom. The monoisotopic (exact) mass is 337 g/mol. The largest absolute Gasteiger partial charge is 0.486 e. The Morgan fingerprint density at radius 2 is 1.83 bits per heavy atom. The number of nitrogen functional groups attached to an aromatic ring is 1. The summed E-state index contributed by atoms with van der Waals surface area (Å²) in [4.78, 5) is 4.72. The quantitative estimate of drug-likeness (QED) is 0.856. The third kappa shape index (κ3) is 3.92. The molecule has 0 atom stereocenters. The first-order valence-electron chi connectivity index (χ1n) is 8.87. The molecule has 2 saturated heterocycles. The standard InChI is InChI=1S/C18H28FN3O2/c1-13(2)24-18-16(19)11-14(20)12-17(18)22-5-3-15(4-6-22)21-7-9-23-10-8-21/h11-13,15H,3-10,20H2,1-2H3. The number of ether oxygens (including phenoxy) is 2. The molecular weight excluding hydrogens is 309 g/mol. The third-order valence-electron chi connectivity index (χ3n) is 4.77. The molecule has 3 rings (SSSR count). The molecule has 2 aliphatic heterocycles.